The Morgan fingerprint density at radius 2 is 1.96 bits per heavy atom. The van der Waals surface area contributed by atoms with Crippen molar-refractivity contribution in [3.63, 3.8) is 0 Å². The van der Waals surface area contributed by atoms with E-state index in [9.17, 15) is 14.7 Å². The number of ether oxygens (including phenoxy) is 1. The number of rotatable bonds is 4. The van der Waals surface area contributed by atoms with Crippen LogP contribution in [0.25, 0.3) is 0 Å². The molecule has 0 unspecified atom stereocenters. The maximum Gasteiger partial charge on any atom is 0.315 e. The number of hydrogen-bond acceptors (Lipinski definition) is 4. The van der Waals surface area contributed by atoms with Gasteiger partial charge in [0.25, 0.3) is 5.91 Å². The molecule has 2 saturated heterocycles. The molecule has 7 heteroatoms. The Labute approximate surface area is 147 Å². The summed E-state index contributed by atoms with van der Waals surface area (Å²) in [5.74, 6) is -0.166. The topological polar surface area (TPSA) is 90.9 Å². The van der Waals surface area contributed by atoms with Gasteiger partial charge in [-0.2, -0.15) is 0 Å². The van der Waals surface area contributed by atoms with Gasteiger partial charge in [-0.05, 0) is 37.8 Å². The standard InChI is InChI=1S/C18H25N3O4/c22-16-6-2-1-5-15(16)17(23)21-9-7-13(8-10-21)20-18(24)19-12-14-4-3-11-25-14/h1-2,5-6,13-14,22H,3-4,7-12H2,(H2,19,20,24)/t14-/m0/s1. The average molecular weight is 347 g/mol. The third kappa shape index (κ3) is 4.63. The summed E-state index contributed by atoms with van der Waals surface area (Å²) in [6, 6.07) is 6.44. The number of aromatic hydroxyl groups is 1. The fourth-order valence-electron chi connectivity index (χ4n) is 3.30. The highest BCUT2D eigenvalue weighted by atomic mass is 16.5. The van der Waals surface area contributed by atoms with E-state index in [2.05, 4.69) is 10.6 Å². The predicted octanol–water partition coefficient (Wildman–Crippen LogP) is 1.47. The number of carbonyl (C=O) groups is 2. The van der Waals surface area contributed by atoms with Gasteiger partial charge in [0, 0.05) is 32.3 Å². The normalized spacial score (nSPS) is 21.1. The van der Waals surface area contributed by atoms with Crippen LogP contribution in [-0.2, 0) is 4.74 Å². The molecule has 1 atom stereocenters. The molecule has 0 spiro atoms. The van der Waals surface area contributed by atoms with E-state index >= 15 is 0 Å². The summed E-state index contributed by atoms with van der Waals surface area (Å²) in [7, 11) is 0. The van der Waals surface area contributed by atoms with E-state index in [4.69, 9.17) is 4.74 Å². The highest BCUT2D eigenvalue weighted by Gasteiger charge is 2.26. The third-order valence-corrected chi connectivity index (χ3v) is 4.77. The van der Waals surface area contributed by atoms with Gasteiger partial charge in [-0.1, -0.05) is 12.1 Å². The fraction of sp³-hybridized carbons (Fsp3) is 0.556. The van der Waals surface area contributed by atoms with Crippen LogP contribution in [0.2, 0.25) is 0 Å². The van der Waals surface area contributed by atoms with Crippen molar-refractivity contribution in [1.82, 2.24) is 15.5 Å². The average Bonchev–Trinajstić information content (AvgIpc) is 3.14. The molecule has 0 radical (unpaired) electrons. The molecule has 2 heterocycles. The second-order valence-electron chi connectivity index (χ2n) is 6.57. The van der Waals surface area contributed by atoms with E-state index in [1.165, 1.54) is 6.07 Å². The Hall–Kier alpha value is -2.28. The molecule has 2 aliphatic heterocycles. The molecular weight excluding hydrogens is 322 g/mol. The number of nitrogens with zero attached hydrogens (tertiary/aromatic N) is 1. The van der Waals surface area contributed by atoms with Gasteiger partial charge >= 0.3 is 6.03 Å². The molecule has 3 N–H and O–H groups in total. The number of benzene rings is 1. The van der Waals surface area contributed by atoms with E-state index < -0.39 is 0 Å². The number of hydrogen-bond donors (Lipinski definition) is 3. The van der Waals surface area contributed by atoms with Crippen LogP contribution in [0.3, 0.4) is 0 Å². The Morgan fingerprint density at radius 3 is 2.64 bits per heavy atom. The lowest BCUT2D eigenvalue weighted by molar-refractivity contribution is 0.0704. The minimum atomic E-state index is -0.180. The highest BCUT2D eigenvalue weighted by Crippen LogP contribution is 2.20. The molecule has 3 rings (SSSR count). The molecule has 3 amide bonds. The summed E-state index contributed by atoms with van der Waals surface area (Å²) in [6.45, 7) is 2.43. The number of nitrogens with one attached hydrogen (secondary N) is 2. The van der Waals surface area contributed by atoms with Gasteiger partial charge in [0.05, 0.1) is 11.7 Å². The largest absolute Gasteiger partial charge is 0.507 e. The van der Waals surface area contributed by atoms with Crippen LogP contribution in [0.4, 0.5) is 4.79 Å². The van der Waals surface area contributed by atoms with Crippen molar-refractivity contribution in [2.24, 2.45) is 0 Å². The zero-order chi connectivity index (χ0) is 17.6. The number of para-hydroxylation sites is 1. The molecule has 2 fully saturated rings. The molecule has 0 bridgehead atoms. The molecule has 7 nitrogen and oxygen atoms in total. The molecule has 0 aliphatic carbocycles. The zero-order valence-corrected chi connectivity index (χ0v) is 14.2. The second-order valence-corrected chi connectivity index (χ2v) is 6.57. The van der Waals surface area contributed by atoms with Crippen molar-refractivity contribution in [2.75, 3.05) is 26.2 Å². The summed E-state index contributed by atoms with van der Waals surface area (Å²) >= 11 is 0. The van der Waals surface area contributed by atoms with Crippen LogP contribution in [0.1, 0.15) is 36.0 Å². The minimum absolute atomic E-state index is 0.00116. The van der Waals surface area contributed by atoms with Crippen molar-refractivity contribution < 1.29 is 19.4 Å². The molecule has 2 aliphatic rings. The summed E-state index contributed by atoms with van der Waals surface area (Å²) < 4.78 is 5.48. The van der Waals surface area contributed by atoms with Crippen molar-refractivity contribution in [3.05, 3.63) is 29.8 Å². The van der Waals surface area contributed by atoms with Crippen LogP contribution in [-0.4, -0.2) is 60.3 Å². The molecule has 1 aromatic rings. The number of phenolic OH excluding ortho intramolecular Hbond substituents is 1. The van der Waals surface area contributed by atoms with Crippen LogP contribution in [0.5, 0.6) is 5.75 Å². The number of urea groups is 1. The second kappa shape index (κ2) is 8.20. The number of carbonyl (C=O) groups excluding carboxylic acids is 2. The van der Waals surface area contributed by atoms with Gasteiger partial charge in [0.15, 0.2) is 0 Å². The molecule has 1 aromatic carbocycles. The SMILES string of the molecule is O=C(NC[C@@H]1CCCO1)NC1CCN(C(=O)c2ccccc2O)CC1. The van der Waals surface area contributed by atoms with Gasteiger partial charge in [-0.3, -0.25) is 4.79 Å². The van der Waals surface area contributed by atoms with Crippen molar-refractivity contribution in [2.45, 2.75) is 37.8 Å². The lowest BCUT2D eigenvalue weighted by Gasteiger charge is -2.32. The number of phenols is 1. The Morgan fingerprint density at radius 1 is 1.20 bits per heavy atom. The van der Waals surface area contributed by atoms with E-state index in [0.29, 0.717) is 38.0 Å². The summed E-state index contributed by atoms with van der Waals surface area (Å²) in [6.07, 6.45) is 3.58. The maximum absolute atomic E-state index is 12.5. The van der Waals surface area contributed by atoms with Crippen LogP contribution in [0, 0.1) is 0 Å². The zero-order valence-electron chi connectivity index (χ0n) is 14.2. The van der Waals surface area contributed by atoms with E-state index in [-0.39, 0.29) is 29.8 Å². The Kier molecular flexibility index (Phi) is 5.75. The third-order valence-electron chi connectivity index (χ3n) is 4.77. The summed E-state index contributed by atoms with van der Waals surface area (Å²) in [4.78, 5) is 26.1. The van der Waals surface area contributed by atoms with Crippen molar-refractivity contribution in [1.29, 1.82) is 0 Å². The van der Waals surface area contributed by atoms with E-state index in [1.807, 2.05) is 0 Å². The number of piperidine rings is 1. The van der Waals surface area contributed by atoms with Crippen LogP contribution >= 0.6 is 0 Å². The molecular formula is C18H25N3O4. The first kappa shape index (κ1) is 17.5. The first-order valence-corrected chi connectivity index (χ1v) is 8.86. The van der Waals surface area contributed by atoms with Gasteiger partial charge in [0.2, 0.25) is 0 Å². The Bertz CT molecular complexity index is 608. The smallest absolute Gasteiger partial charge is 0.315 e. The predicted molar refractivity (Wildman–Crippen MR) is 92.5 cm³/mol. The van der Waals surface area contributed by atoms with Gasteiger partial charge < -0.3 is 25.4 Å². The van der Waals surface area contributed by atoms with Crippen molar-refractivity contribution >= 4 is 11.9 Å². The monoisotopic (exact) mass is 347 g/mol. The number of likely N-dealkylation sites (tertiary alicyclic amines) is 1. The number of amides is 3. The molecule has 136 valence electrons. The first-order valence-electron chi connectivity index (χ1n) is 8.86. The van der Waals surface area contributed by atoms with Gasteiger partial charge in [-0.25, -0.2) is 4.79 Å². The van der Waals surface area contributed by atoms with Crippen LogP contribution < -0.4 is 10.6 Å². The van der Waals surface area contributed by atoms with Gasteiger partial charge in [-0.15, -0.1) is 0 Å². The summed E-state index contributed by atoms with van der Waals surface area (Å²) in [5.41, 5.74) is 0.322. The van der Waals surface area contributed by atoms with E-state index in [1.54, 1.807) is 23.1 Å². The highest BCUT2D eigenvalue weighted by molar-refractivity contribution is 5.96. The first-order chi connectivity index (χ1) is 12.1. The quantitative estimate of drug-likeness (QED) is 0.769. The minimum Gasteiger partial charge on any atom is -0.507 e. The summed E-state index contributed by atoms with van der Waals surface area (Å²) in [5, 5.41) is 15.6. The van der Waals surface area contributed by atoms with Crippen LogP contribution in [0.15, 0.2) is 24.3 Å². The van der Waals surface area contributed by atoms with Crippen molar-refractivity contribution in [3.8, 4) is 5.75 Å². The fourth-order valence-corrected chi connectivity index (χ4v) is 3.30. The maximum atomic E-state index is 12.5. The lowest BCUT2D eigenvalue weighted by atomic mass is 10.0. The van der Waals surface area contributed by atoms with Gasteiger partial charge in [0.1, 0.15) is 5.75 Å². The molecule has 25 heavy (non-hydrogen) atoms. The Balaban J connectivity index is 1.41. The molecule has 0 aromatic heterocycles. The van der Waals surface area contributed by atoms with E-state index in [0.717, 1.165) is 19.4 Å². The molecule has 0 saturated carbocycles. The lowest BCUT2D eigenvalue weighted by Crippen LogP contribution is -2.50.